The molecule has 4 aromatic rings. The SMILES string of the molecule is COc1cc([C@H]2CC(=O)C3=C(C2)Nc2ccccc2N[C@H]3c2ccccc2OCc2ccccc2)cc(OC)c1OC. The van der Waals surface area contributed by atoms with E-state index >= 15 is 0 Å². The fraction of sp³-hybridized carbons (Fsp3) is 0.229. The number of carbonyl (C=O) groups is 1. The van der Waals surface area contributed by atoms with Crippen LogP contribution in [0, 0.1) is 0 Å². The third-order valence-electron chi connectivity index (χ3n) is 7.93. The number of hydrogen-bond acceptors (Lipinski definition) is 7. The van der Waals surface area contributed by atoms with Gasteiger partial charge in [-0.05, 0) is 53.8 Å². The van der Waals surface area contributed by atoms with Gasteiger partial charge >= 0.3 is 0 Å². The monoisotopic (exact) mass is 562 g/mol. The third kappa shape index (κ3) is 5.26. The number of allylic oxidation sites excluding steroid dienone is 1. The van der Waals surface area contributed by atoms with Gasteiger partial charge in [0.2, 0.25) is 5.75 Å². The number of anilines is 2. The van der Waals surface area contributed by atoms with Gasteiger partial charge in [-0.15, -0.1) is 0 Å². The highest BCUT2D eigenvalue weighted by atomic mass is 16.5. The van der Waals surface area contributed by atoms with Gasteiger partial charge in [0.15, 0.2) is 17.3 Å². The van der Waals surface area contributed by atoms with E-state index in [0.717, 1.165) is 45.1 Å². The molecule has 0 fully saturated rings. The highest BCUT2D eigenvalue weighted by Crippen LogP contribution is 2.48. The van der Waals surface area contributed by atoms with Gasteiger partial charge < -0.3 is 29.6 Å². The van der Waals surface area contributed by atoms with Crippen molar-refractivity contribution in [2.75, 3.05) is 32.0 Å². The Morgan fingerprint density at radius 1 is 0.738 bits per heavy atom. The molecule has 2 aliphatic rings. The second kappa shape index (κ2) is 11.9. The van der Waals surface area contributed by atoms with Crippen LogP contribution in [0.1, 0.15) is 41.5 Å². The van der Waals surface area contributed by atoms with E-state index in [0.29, 0.717) is 36.7 Å². The maximum absolute atomic E-state index is 14.2. The molecular formula is C35H34N2O5. The lowest BCUT2D eigenvalue weighted by Gasteiger charge is -2.31. The van der Waals surface area contributed by atoms with Crippen LogP contribution in [0.2, 0.25) is 0 Å². The molecule has 2 N–H and O–H groups in total. The Morgan fingerprint density at radius 3 is 2.12 bits per heavy atom. The Balaban J connectivity index is 1.41. The molecule has 4 aromatic carbocycles. The van der Waals surface area contributed by atoms with Crippen LogP contribution in [-0.2, 0) is 11.4 Å². The molecule has 0 unspecified atom stereocenters. The Kier molecular flexibility index (Phi) is 7.73. The van der Waals surface area contributed by atoms with Gasteiger partial charge in [0.05, 0.1) is 38.7 Å². The molecule has 0 saturated carbocycles. The second-order valence-electron chi connectivity index (χ2n) is 10.4. The van der Waals surface area contributed by atoms with Crippen molar-refractivity contribution in [2.45, 2.75) is 31.4 Å². The van der Waals surface area contributed by atoms with E-state index in [1.807, 2.05) is 91.0 Å². The third-order valence-corrected chi connectivity index (χ3v) is 7.93. The van der Waals surface area contributed by atoms with E-state index in [2.05, 4.69) is 10.6 Å². The maximum Gasteiger partial charge on any atom is 0.203 e. The lowest BCUT2D eigenvalue weighted by molar-refractivity contribution is -0.116. The number of carbonyl (C=O) groups excluding carboxylic acids is 1. The number of ketones is 1. The van der Waals surface area contributed by atoms with Gasteiger partial charge in [-0.2, -0.15) is 0 Å². The number of hydrogen-bond donors (Lipinski definition) is 2. The van der Waals surface area contributed by atoms with Gasteiger partial charge in [0, 0.05) is 23.3 Å². The lowest BCUT2D eigenvalue weighted by atomic mass is 9.78. The zero-order valence-electron chi connectivity index (χ0n) is 24.0. The molecule has 2 atom stereocenters. The summed E-state index contributed by atoms with van der Waals surface area (Å²) in [6, 6.07) is 29.6. The minimum atomic E-state index is -0.392. The van der Waals surface area contributed by atoms with E-state index in [4.69, 9.17) is 18.9 Å². The Morgan fingerprint density at radius 2 is 1.40 bits per heavy atom. The van der Waals surface area contributed by atoms with Crippen molar-refractivity contribution >= 4 is 17.2 Å². The Labute approximate surface area is 246 Å². The highest BCUT2D eigenvalue weighted by molar-refractivity contribution is 6.01. The van der Waals surface area contributed by atoms with Crippen molar-refractivity contribution in [2.24, 2.45) is 0 Å². The first-order chi connectivity index (χ1) is 20.6. The van der Waals surface area contributed by atoms with Crippen LogP contribution >= 0.6 is 0 Å². The van der Waals surface area contributed by atoms with Crippen LogP contribution in [0.25, 0.3) is 0 Å². The van der Waals surface area contributed by atoms with E-state index < -0.39 is 6.04 Å². The smallest absolute Gasteiger partial charge is 0.203 e. The van der Waals surface area contributed by atoms with Gasteiger partial charge in [0.25, 0.3) is 0 Å². The van der Waals surface area contributed by atoms with Crippen molar-refractivity contribution in [1.82, 2.24) is 0 Å². The Hall–Kier alpha value is -4.91. The van der Waals surface area contributed by atoms with Gasteiger partial charge in [-0.3, -0.25) is 4.79 Å². The molecule has 0 aromatic heterocycles. The first kappa shape index (κ1) is 27.3. The minimum absolute atomic E-state index is 0.0747. The summed E-state index contributed by atoms with van der Waals surface area (Å²) in [5.74, 6) is 2.41. The summed E-state index contributed by atoms with van der Waals surface area (Å²) in [5.41, 5.74) is 6.42. The van der Waals surface area contributed by atoms with Gasteiger partial charge in [-0.25, -0.2) is 0 Å². The van der Waals surface area contributed by atoms with Crippen LogP contribution in [0.3, 0.4) is 0 Å². The molecule has 7 heteroatoms. The second-order valence-corrected chi connectivity index (χ2v) is 10.4. The zero-order chi connectivity index (χ0) is 29.1. The molecule has 214 valence electrons. The number of nitrogens with one attached hydrogen (secondary N) is 2. The highest BCUT2D eigenvalue weighted by Gasteiger charge is 2.37. The van der Waals surface area contributed by atoms with Crippen LogP contribution in [-0.4, -0.2) is 27.1 Å². The molecule has 7 nitrogen and oxygen atoms in total. The molecule has 1 aliphatic carbocycles. The zero-order valence-corrected chi connectivity index (χ0v) is 24.0. The quantitative estimate of drug-likeness (QED) is 0.234. The van der Waals surface area contributed by atoms with Gasteiger partial charge in [0.1, 0.15) is 12.4 Å². The summed E-state index contributed by atoms with van der Waals surface area (Å²) in [4.78, 5) is 14.2. The largest absolute Gasteiger partial charge is 0.493 e. The maximum atomic E-state index is 14.2. The lowest BCUT2D eigenvalue weighted by Crippen LogP contribution is -2.27. The van der Waals surface area contributed by atoms with E-state index in [1.54, 1.807) is 21.3 Å². The summed E-state index contributed by atoms with van der Waals surface area (Å²) in [5, 5.41) is 7.29. The van der Waals surface area contributed by atoms with Crippen LogP contribution in [0.4, 0.5) is 11.4 Å². The topological polar surface area (TPSA) is 78.1 Å². The average molecular weight is 563 g/mol. The number of ether oxygens (including phenoxy) is 4. The first-order valence-electron chi connectivity index (χ1n) is 14.0. The predicted molar refractivity (Wildman–Crippen MR) is 164 cm³/mol. The van der Waals surface area contributed by atoms with Crippen molar-refractivity contribution in [3.8, 4) is 23.0 Å². The Bertz CT molecular complexity index is 1610. The molecule has 0 amide bonds. The van der Waals surface area contributed by atoms with Crippen LogP contribution in [0.15, 0.2) is 102 Å². The summed E-state index contributed by atoms with van der Waals surface area (Å²) in [6.45, 7) is 0.433. The van der Waals surface area contributed by atoms with Crippen molar-refractivity contribution in [1.29, 1.82) is 0 Å². The fourth-order valence-corrected chi connectivity index (χ4v) is 5.88. The number of rotatable bonds is 8. The molecule has 0 radical (unpaired) electrons. The fourth-order valence-electron chi connectivity index (χ4n) is 5.88. The van der Waals surface area contributed by atoms with E-state index in [-0.39, 0.29) is 11.7 Å². The van der Waals surface area contributed by atoms with E-state index in [9.17, 15) is 4.79 Å². The normalized spacial score (nSPS) is 17.6. The molecule has 0 spiro atoms. The number of methoxy groups -OCH3 is 3. The number of benzene rings is 4. The first-order valence-corrected chi connectivity index (χ1v) is 14.0. The summed E-state index contributed by atoms with van der Waals surface area (Å²) < 4.78 is 23.1. The number of fused-ring (bicyclic) bond motifs is 1. The average Bonchev–Trinajstić information content (AvgIpc) is 3.20. The molecule has 1 aliphatic heterocycles. The molecule has 42 heavy (non-hydrogen) atoms. The minimum Gasteiger partial charge on any atom is -0.493 e. The summed E-state index contributed by atoms with van der Waals surface area (Å²) >= 11 is 0. The molecular weight excluding hydrogens is 528 g/mol. The van der Waals surface area contributed by atoms with Gasteiger partial charge in [-0.1, -0.05) is 60.7 Å². The summed E-state index contributed by atoms with van der Waals surface area (Å²) in [6.07, 6.45) is 0.986. The standard InChI is InChI=1S/C35H34N2O5/c1-39-31-19-24(20-32(40-2)35(31)41-3)23-17-28-33(29(38)18-23)34(37-27-15-9-8-14-26(27)36-28)25-13-7-10-16-30(25)42-21-22-11-5-4-6-12-22/h4-16,19-20,23,34,36-37H,17-18,21H2,1-3H3/t23-,34+/m1/s1. The van der Waals surface area contributed by atoms with Crippen molar-refractivity contribution < 1.29 is 23.7 Å². The molecule has 0 saturated heterocycles. The van der Waals surface area contributed by atoms with Crippen molar-refractivity contribution in [3.05, 3.63) is 119 Å². The predicted octanol–water partition coefficient (Wildman–Crippen LogP) is 7.27. The molecule has 1 heterocycles. The van der Waals surface area contributed by atoms with Crippen molar-refractivity contribution in [3.63, 3.8) is 0 Å². The summed E-state index contributed by atoms with van der Waals surface area (Å²) in [7, 11) is 4.79. The van der Waals surface area contributed by atoms with Crippen LogP contribution < -0.4 is 29.6 Å². The number of para-hydroxylation sites is 3. The molecule has 0 bridgehead atoms. The molecule has 6 rings (SSSR count). The van der Waals surface area contributed by atoms with Crippen LogP contribution in [0.5, 0.6) is 23.0 Å². The number of Topliss-reactive ketones (excluding diaryl/α,β-unsaturated/α-hetero) is 1. The van der Waals surface area contributed by atoms with E-state index in [1.165, 1.54) is 0 Å².